The molecule has 22 heavy (non-hydrogen) atoms. The predicted octanol–water partition coefficient (Wildman–Crippen LogP) is 2.59. The first kappa shape index (κ1) is 15.2. The van der Waals surface area contributed by atoms with Crippen LogP contribution in [-0.2, 0) is 9.47 Å². The first-order chi connectivity index (χ1) is 10.6. The molecule has 3 heterocycles. The van der Waals surface area contributed by atoms with Crippen molar-refractivity contribution in [3.63, 3.8) is 0 Å². The van der Waals surface area contributed by atoms with Crippen LogP contribution in [0.1, 0.15) is 29.4 Å². The zero-order valence-corrected chi connectivity index (χ0v) is 13.4. The second-order valence-corrected chi connectivity index (χ2v) is 6.23. The van der Waals surface area contributed by atoms with Crippen LogP contribution >= 0.6 is 11.3 Å². The smallest absolute Gasteiger partial charge is 0.257 e. The highest BCUT2D eigenvalue weighted by Gasteiger charge is 2.31. The Morgan fingerprint density at radius 2 is 2.23 bits per heavy atom. The van der Waals surface area contributed by atoms with Crippen molar-refractivity contribution in [1.29, 1.82) is 0 Å². The van der Waals surface area contributed by atoms with Crippen molar-refractivity contribution in [2.24, 2.45) is 0 Å². The lowest BCUT2D eigenvalue weighted by molar-refractivity contribution is -0.145. The Morgan fingerprint density at radius 1 is 1.45 bits per heavy atom. The van der Waals surface area contributed by atoms with E-state index in [2.05, 4.69) is 10.5 Å². The van der Waals surface area contributed by atoms with Gasteiger partial charge in [-0.3, -0.25) is 4.79 Å². The largest absolute Gasteiger partial charge is 0.354 e. The Hall–Kier alpha value is -1.70. The minimum absolute atomic E-state index is 0.191. The van der Waals surface area contributed by atoms with Gasteiger partial charge in [0.05, 0.1) is 23.8 Å². The molecule has 3 rings (SSSR count). The molecule has 2 aromatic heterocycles. The second-order valence-electron chi connectivity index (χ2n) is 5.29. The third-order valence-corrected chi connectivity index (χ3v) is 4.47. The number of rotatable bonds is 5. The van der Waals surface area contributed by atoms with Gasteiger partial charge in [-0.05, 0) is 25.3 Å². The van der Waals surface area contributed by atoms with E-state index < -0.39 is 5.79 Å². The van der Waals surface area contributed by atoms with Crippen molar-refractivity contribution >= 4 is 17.2 Å². The molecule has 0 atom stereocenters. The van der Waals surface area contributed by atoms with Crippen molar-refractivity contribution in [2.45, 2.75) is 26.1 Å². The summed E-state index contributed by atoms with van der Waals surface area (Å²) in [7, 11) is 0. The van der Waals surface area contributed by atoms with Crippen LogP contribution in [0.2, 0.25) is 0 Å². The molecule has 1 fully saturated rings. The third kappa shape index (κ3) is 3.06. The first-order valence-electron chi connectivity index (χ1n) is 7.15. The van der Waals surface area contributed by atoms with Crippen molar-refractivity contribution < 1.29 is 18.8 Å². The SMILES string of the molecule is Cc1noc(-c2cccs2)c1C(=O)NCCC1(C)OCCO1. The number of hydrogen-bond acceptors (Lipinski definition) is 6. The van der Waals surface area contributed by atoms with E-state index in [1.807, 2.05) is 24.4 Å². The molecule has 6 nitrogen and oxygen atoms in total. The van der Waals surface area contributed by atoms with Crippen LogP contribution in [0, 0.1) is 6.92 Å². The lowest BCUT2D eigenvalue weighted by atomic mass is 10.1. The number of hydrogen-bond donors (Lipinski definition) is 1. The van der Waals surface area contributed by atoms with Gasteiger partial charge in [-0.15, -0.1) is 11.3 Å². The van der Waals surface area contributed by atoms with Crippen molar-refractivity contribution in [1.82, 2.24) is 10.5 Å². The monoisotopic (exact) mass is 322 g/mol. The molecule has 118 valence electrons. The van der Waals surface area contributed by atoms with Crippen LogP contribution in [0.3, 0.4) is 0 Å². The van der Waals surface area contributed by atoms with Gasteiger partial charge in [0.25, 0.3) is 5.91 Å². The van der Waals surface area contributed by atoms with Gasteiger partial charge in [0.15, 0.2) is 11.5 Å². The summed E-state index contributed by atoms with van der Waals surface area (Å²) in [5, 5.41) is 8.74. The molecule has 0 bridgehead atoms. The van der Waals surface area contributed by atoms with Crippen molar-refractivity contribution in [3.05, 3.63) is 28.8 Å². The van der Waals surface area contributed by atoms with Gasteiger partial charge >= 0.3 is 0 Å². The number of nitrogens with zero attached hydrogens (tertiary/aromatic N) is 1. The summed E-state index contributed by atoms with van der Waals surface area (Å²) in [5.74, 6) is -0.276. The molecule has 0 radical (unpaired) electrons. The molecule has 7 heteroatoms. The topological polar surface area (TPSA) is 73.6 Å². The molecule has 0 spiro atoms. The highest BCUT2D eigenvalue weighted by atomic mass is 32.1. The molecule has 1 N–H and O–H groups in total. The second kappa shape index (κ2) is 6.20. The van der Waals surface area contributed by atoms with E-state index >= 15 is 0 Å². The van der Waals surface area contributed by atoms with E-state index in [0.29, 0.717) is 43.2 Å². The molecule has 0 unspecified atom stereocenters. The molecule has 0 saturated carbocycles. The Balaban J connectivity index is 1.66. The average Bonchev–Trinajstić information content (AvgIpc) is 3.19. The van der Waals surface area contributed by atoms with Crippen LogP contribution in [0.4, 0.5) is 0 Å². The quantitative estimate of drug-likeness (QED) is 0.916. The van der Waals surface area contributed by atoms with Gasteiger partial charge in [-0.2, -0.15) is 0 Å². The van der Waals surface area contributed by atoms with Crippen LogP contribution in [0.25, 0.3) is 10.6 Å². The highest BCUT2D eigenvalue weighted by Crippen LogP contribution is 2.30. The maximum atomic E-state index is 12.4. The molecule has 0 aliphatic carbocycles. The summed E-state index contributed by atoms with van der Waals surface area (Å²) >= 11 is 1.51. The molecular weight excluding hydrogens is 304 g/mol. The van der Waals surface area contributed by atoms with Crippen LogP contribution in [0.15, 0.2) is 22.0 Å². The minimum atomic E-state index is -0.604. The summed E-state index contributed by atoms with van der Waals surface area (Å²) in [5.41, 5.74) is 1.07. The normalized spacial score (nSPS) is 16.8. The molecular formula is C15H18N2O4S. The van der Waals surface area contributed by atoms with Gasteiger partial charge in [0.1, 0.15) is 5.56 Å². The van der Waals surface area contributed by atoms with Crippen molar-refractivity contribution in [2.75, 3.05) is 19.8 Å². The molecule has 1 saturated heterocycles. The van der Waals surface area contributed by atoms with E-state index in [1.165, 1.54) is 11.3 Å². The zero-order valence-electron chi connectivity index (χ0n) is 12.5. The maximum Gasteiger partial charge on any atom is 0.257 e. The Labute approximate surface area is 132 Å². The van der Waals surface area contributed by atoms with E-state index in [4.69, 9.17) is 14.0 Å². The lowest BCUT2D eigenvalue weighted by Gasteiger charge is -2.22. The van der Waals surface area contributed by atoms with Crippen LogP contribution < -0.4 is 5.32 Å². The Kier molecular flexibility index (Phi) is 4.28. The number of thiophene rings is 1. The summed E-state index contributed by atoms with van der Waals surface area (Å²) < 4.78 is 16.3. The van der Waals surface area contributed by atoms with Gasteiger partial charge in [-0.25, -0.2) is 0 Å². The zero-order chi connectivity index (χ0) is 15.6. The highest BCUT2D eigenvalue weighted by molar-refractivity contribution is 7.13. The number of aryl methyl sites for hydroxylation is 1. The fourth-order valence-electron chi connectivity index (χ4n) is 2.41. The number of carbonyl (C=O) groups is 1. The van der Waals surface area contributed by atoms with Gasteiger partial charge in [0.2, 0.25) is 0 Å². The Morgan fingerprint density at radius 3 is 2.91 bits per heavy atom. The van der Waals surface area contributed by atoms with Gasteiger partial charge in [0, 0.05) is 13.0 Å². The van der Waals surface area contributed by atoms with E-state index in [-0.39, 0.29) is 5.91 Å². The number of amides is 1. The van der Waals surface area contributed by atoms with Gasteiger partial charge < -0.3 is 19.3 Å². The predicted molar refractivity (Wildman–Crippen MR) is 81.8 cm³/mol. The van der Waals surface area contributed by atoms with E-state index in [1.54, 1.807) is 6.92 Å². The number of aromatic nitrogens is 1. The summed E-state index contributed by atoms with van der Waals surface area (Å²) in [6, 6.07) is 3.82. The molecule has 1 aliphatic heterocycles. The van der Waals surface area contributed by atoms with Gasteiger partial charge in [-0.1, -0.05) is 11.2 Å². The fourth-order valence-corrected chi connectivity index (χ4v) is 3.11. The van der Waals surface area contributed by atoms with Crippen molar-refractivity contribution in [3.8, 4) is 10.6 Å². The molecule has 0 aromatic carbocycles. The first-order valence-corrected chi connectivity index (χ1v) is 8.03. The molecule has 1 amide bonds. The standard InChI is InChI=1S/C15H18N2O4S/c1-10-12(13(21-17-10)11-4-3-9-22-11)14(18)16-6-5-15(2)19-7-8-20-15/h3-4,9H,5-8H2,1-2H3,(H,16,18). The average molecular weight is 322 g/mol. The minimum Gasteiger partial charge on any atom is -0.354 e. The molecule has 2 aromatic rings. The molecule has 1 aliphatic rings. The van der Waals surface area contributed by atoms with Crippen LogP contribution in [0.5, 0.6) is 0 Å². The van der Waals surface area contributed by atoms with E-state index in [9.17, 15) is 4.79 Å². The number of nitrogens with one attached hydrogen (secondary N) is 1. The fraction of sp³-hybridized carbons (Fsp3) is 0.467. The summed E-state index contributed by atoms with van der Waals surface area (Å²) in [4.78, 5) is 13.3. The lowest BCUT2D eigenvalue weighted by Crippen LogP contribution is -2.33. The third-order valence-electron chi connectivity index (χ3n) is 3.60. The summed E-state index contributed by atoms with van der Waals surface area (Å²) in [6.45, 7) is 5.30. The maximum absolute atomic E-state index is 12.4. The van der Waals surface area contributed by atoms with E-state index in [0.717, 1.165) is 4.88 Å². The summed E-state index contributed by atoms with van der Waals surface area (Å²) in [6.07, 6.45) is 0.595. The number of ether oxygens (including phenoxy) is 2. The Bertz CT molecular complexity index is 645. The van der Waals surface area contributed by atoms with Crippen LogP contribution in [-0.4, -0.2) is 36.6 Å². The number of carbonyl (C=O) groups excluding carboxylic acids is 1.